The zero-order valence-corrected chi connectivity index (χ0v) is 11.9. The molecule has 1 unspecified atom stereocenters. The summed E-state index contributed by atoms with van der Waals surface area (Å²) >= 11 is 0. The van der Waals surface area contributed by atoms with Crippen molar-refractivity contribution in [2.24, 2.45) is 0 Å². The summed E-state index contributed by atoms with van der Waals surface area (Å²) in [6.45, 7) is 10.6. The van der Waals surface area contributed by atoms with E-state index in [9.17, 15) is 4.79 Å². The highest BCUT2D eigenvalue weighted by molar-refractivity contribution is 5.80. The van der Waals surface area contributed by atoms with E-state index in [2.05, 4.69) is 31.3 Å². The second-order valence-corrected chi connectivity index (χ2v) is 4.85. The molecule has 0 radical (unpaired) electrons. The number of carbonyl (C=O) groups is 1. The molecule has 0 aliphatic heterocycles. The lowest BCUT2D eigenvalue weighted by Gasteiger charge is -2.19. The number of aryl methyl sites for hydroxylation is 1. The number of likely N-dealkylation sites (N-methyl/N-ethyl adjacent to an activating group) is 1. The highest BCUT2D eigenvalue weighted by Gasteiger charge is 2.16. The third-order valence-electron chi connectivity index (χ3n) is 2.82. The fraction of sp³-hybridized carbons (Fsp3) is 0.533. The maximum atomic E-state index is 11.7. The number of hydrogen-bond acceptors (Lipinski definition) is 2. The van der Waals surface area contributed by atoms with Crippen LogP contribution in [0.5, 0.6) is 5.75 Å². The maximum Gasteiger partial charge on any atom is 0.260 e. The molecule has 1 aromatic carbocycles. The number of amides is 1. The van der Waals surface area contributed by atoms with Crippen LogP contribution >= 0.6 is 0 Å². The van der Waals surface area contributed by atoms with E-state index < -0.39 is 6.10 Å². The summed E-state index contributed by atoms with van der Waals surface area (Å²) in [7, 11) is 0. The number of ether oxygens (including phenoxy) is 1. The van der Waals surface area contributed by atoms with Gasteiger partial charge in [-0.05, 0) is 43.9 Å². The van der Waals surface area contributed by atoms with Crippen LogP contribution in [0.15, 0.2) is 18.2 Å². The van der Waals surface area contributed by atoms with Gasteiger partial charge in [-0.2, -0.15) is 0 Å². The van der Waals surface area contributed by atoms with Gasteiger partial charge in [0.1, 0.15) is 5.75 Å². The van der Waals surface area contributed by atoms with Crippen LogP contribution in [0.4, 0.5) is 0 Å². The van der Waals surface area contributed by atoms with Crippen molar-refractivity contribution in [3.8, 4) is 5.75 Å². The summed E-state index contributed by atoms with van der Waals surface area (Å²) in [6.07, 6.45) is -0.468. The zero-order valence-electron chi connectivity index (χ0n) is 11.9. The standard InChI is InChI=1S/C15H23NO2/c1-6-16-15(17)12(5)18-14-9-11(4)7-8-13(14)10(2)3/h7-10,12H,6H2,1-5H3,(H,16,17). The third kappa shape index (κ3) is 3.76. The van der Waals surface area contributed by atoms with Crippen molar-refractivity contribution in [3.63, 3.8) is 0 Å². The van der Waals surface area contributed by atoms with Gasteiger partial charge in [0, 0.05) is 6.54 Å². The molecule has 3 nitrogen and oxygen atoms in total. The molecule has 1 amide bonds. The van der Waals surface area contributed by atoms with Gasteiger partial charge in [0.2, 0.25) is 0 Å². The Balaban J connectivity index is 2.88. The minimum Gasteiger partial charge on any atom is -0.481 e. The molecular formula is C15H23NO2. The summed E-state index contributed by atoms with van der Waals surface area (Å²) < 4.78 is 5.79. The number of carbonyl (C=O) groups excluding carboxylic acids is 1. The Morgan fingerprint density at radius 1 is 1.33 bits per heavy atom. The minimum absolute atomic E-state index is 0.0753. The van der Waals surface area contributed by atoms with E-state index in [0.29, 0.717) is 12.5 Å². The lowest BCUT2D eigenvalue weighted by Crippen LogP contribution is -2.36. The first-order chi connectivity index (χ1) is 8.45. The Bertz CT molecular complexity index is 413. The van der Waals surface area contributed by atoms with Crippen molar-refractivity contribution in [2.45, 2.75) is 46.6 Å². The Kier molecular flexibility index (Phi) is 5.20. The Hall–Kier alpha value is -1.51. The van der Waals surface area contributed by atoms with Gasteiger partial charge in [-0.15, -0.1) is 0 Å². The van der Waals surface area contributed by atoms with Crippen LogP contribution in [0, 0.1) is 6.92 Å². The zero-order chi connectivity index (χ0) is 13.7. The Labute approximate surface area is 110 Å². The van der Waals surface area contributed by atoms with Crippen molar-refractivity contribution in [1.82, 2.24) is 5.32 Å². The van der Waals surface area contributed by atoms with Crippen molar-refractivity contribution >= 4 is 5.91 Å². The van der Waals surface area contributed by atoms with Gasteiger partial charge in [0.15, 0.2) is 6.10 Å². The van der Waals surface area contributed by atoms with Crippen LogP contribution in [-0.4, -0.2) is 18.6 Å². The van der Waals surface area contributed by atoms with Crippen LogP contribution < -0.4 is 10.1 Å². The summed E-state index contributed by atoms with van der Waals surface area (Å²) in [5, 5.41) is 2.76. The van der Waals surface area contributed by atoms with Crippen LogP contribution in [-0.2, 0) is 4.79 Å². The van der Waals surface area contributed by atoms with E-state index in [4.69, 9.17) is 4.74 Å². The topological polar surface area (TPSA) is 38.3 Å². The molecule has 3 heteroatoms. The van der Waals surface area contributed by atoms with E-state index in [1.807, 2.05) is 19.9 Å². The molecule has 0 saturated heterocycles. The molecule has 100 valence electrons. The molecule has 0 spiro atoms. The number of hydrogen-bond donors (Lipinski definition) is 1. The van der Waals surface area contributed by atoms with Gasteiger partial charge in [-0.3, -0.25) is 4.79 Å². The van der Waals surface area contributed by atoms with Gasteiger partial charge in [0.25, 0.3) is 5.91 Å². The molecule has 0 bridgehead atoms. The molecule has 18 heavy (non-hydrogen) atoms. The molecule has 0 saturated carbocycles. The number of rotatable bonds is 5. The average Bonchev–Trinajstić information content (AvgIpc) is 2.28. The molecule has 0 fully saturated rings. The van der Waals surface area contributed by atoms with E-state index in [0.717, 1.165) is 16.9 Å². The summed E-state index contributed by atoms with van der Waals surface area (Å²) in [6, 6.07) is 6.13. The van der Waals surface area contributed by atoms with Crippen LogP contribution in [0.1, 0.15) is 44.7 Å². The number of nitrogens with one attached hydrogen (secondary N) is 1. The molecule has 1 aromatic rings. The first-order valence-corrected chi connectivity index (χ1v) is 6.50. The normalized spacial score (nSPS) is 12.3. The van der Waals surface area contributed by atoms with Crippen LogP contribution in [0.2, 0.25) is 0 Å². The largest absolute Gasteiger partial charge is 0.481 e. The predicted octanol–water partition coefficient (Wildman–Crippen LogP) is 3.02. The highest BCUT2D eigenvalue weighted by Crippen LogP contribution is 2.28. The van der Waals surface area contributed by atoms with Gasteiger partial charge >= 0.3 is 0 Å². The average molecular weight is 249 g/mol. The fourth-order valence-corrected chi connectivity index (χ4v) is 1.78. The summed E-state index contributed by atoms with van der Waals surface area (Å²) in [4.78, 5) is 11.7. The van der Waals surface area contributed by atoms with E-state index >= 15 is 0 Å². The smallest absolute Gasteiger partial charge is 0.260 e. The van der Waals surface area contributed by atoms with Gasteiger partial charge < -0.3 is 10.1 Å². The first kappa shape index (κ1) is 14.6. The second-order valence-electron chi connectivity index (χ2n) is 4.85. The molecule has 0 heterocycles. The maximum absolute atomic E-state index is 11.7. The monoisotopic (exact) mass is 249 g/mol. The molecule has 0 aliphatic rings. The molecule has 0 aromatic heterocycles. The minimum atomic E-state index is -0.468. The molecule has 1 atom stereocenters. The third-order valence-corrected chi connectivity index (χ3v) is 2.82. The fourth-order valence-electron chi connectivity index (χ4n) is 1.78. The number of benzene rings is 1. The van der Waals surface area contributed by atoms with Gasteiger partial charge in [-0.25, -0.2) is 0 Å². The predicted molar refractivity (Wildman–Crippen MR) is 74.0 cm³/mol. The first-order valence-electron chi connectivity index (χ1n) is 6.50. The van der Waals surface area contributed by atoms with Gasteiger partial charge in [0.05, 0.1) is 0 Å². The van der Waals surface area contributed by atoms with Crippen LogP contribution in [0.25, 0.3) is 0 Å². The van der Waals surface area contributed by atoms with Crippen molar-refractivity contribution in [3.05, 3.63) is 29.3 Å². The van der Waals surface area contributed by atoms with Gasteiger partial charge in [-0.1, -0.05) is 26.0 Å². The SMILES string of the molecule is CCNC(=O)C(C)Oc1cc(C)ccc1C(C)C. The van der Waals surface area contributed by atoms with E-state index in [1.165, 1.54) is 0 Å². The highest BCUT2D eigenvalue weighted by atomic mass is 16.5. The summed E-state index contributed by atoms with van der Waals surface area (Å²) in [5.41, 5.74) is 2.27. The van der Waals surface area contributed by atoms with Crippen molar-refractivity contribution < 1.29 is 9.53 Å². The Morgan fingerprint density at radius 2 is 2.00 bits per heavy atom. The van der Waals surface area contributed by atoms with E-state index in [1.54, 1.807) is 6.92 Å². The lowest BCUT2D eigenvalue weighted by atomic mass is 10.0. The van der Waals surface area contributed by atoms with Crippen molar-refractivity contribution in [1.29, 1.82) is 0 Å². The van der Waals surface area contributed by atoms with E-state index in [-0.39, 0.29) is 5.91 Å². The van der Waals surface area contributed by atoms with Crippen LogP contribution in [0.3, 0.4) is 0 Å². The quantitative estimate of drug-likeness (QED) is 0.871. The molecule has 0 aliphatic carbocycles. The Morgan fingerprint density at radius 3 is 2.56 bits per heavy atom. The van der Waals surface area contributed by atoms with Crippen molar-refractivity contribution in [2.75, 3.05) is 6.54 Å². The summed E-state index contributed by atoms with van der Waals surface area (Å²) in [5.74, 6) is 1.11. The second kappa shape index (κ2) is 6.43. The molecule has 1 N–H and O–H groups in total. The molecule has 1 rings (SSSR count). The lowest BCUT2D eigenvalue weighted by molar-refractivity contribution is -0.127. The molecular weight excluding hydrogens is 226 g/mol.